The monoisotopic (exact) mass is 346 g/mol. The molecule has 3 aromatic heterocycles. The molecule has 1 saturated heterocycles. The molecule has 0 aliphatic carbocycles. The topological polar surface area (TPSA) is 80.8 Å². The Morgan fingerprint density at radius 1 is 0.885 bits per heavy atom. The third-order valence-electron chi connectivity index (χ3n) is 4.90. The molecule has 0 saturated carbocycles. The molecule has 0 spiro atoms. The zero-order valence-corrected chi connectivity index (χ0v) is 14.6. The van der Waals surface area contributed by atoms with Crippen molar-refractivity contribution in [3.8, 4) is 22.6 Å². The summed E-state index contributed by atoms with van der Waals surface area (Å²) < 4.78 is 0. The van der Waals surface area contributed by atoms with Crippen LogP contribution in [-0.2, 0) is 0 Å². The Morgan fingerprint density at radius 3 is 2.12 bits per heavy atom. The number of hydrogen-bond acceptors (Lipinski definition) is 6. The molecule has 1 aliphatic heterocycles. The SMILES string of the molecule is NCC1CCN(c2cc(-c3ccncc3)nc(-c3ccncc3)n2)CC1. The number of hydrogen-bond donors (Lipinski definition) is 1. The van der Waals surface area contributed by atoms with Crippen LogP contribution in [-0.4, -0.2) is 39.6 Å². The van der Waals surface area contributed by atoms with Gasteiger partial charge in [0.2, 0.25) is 0 Å². The minimum atomic E-state index is 0.618. The first-order chi connectivity index (χ1) is 12.8. The minimum Gasteiger partial charge on any atom is -0.356 e. The Hall–Kier alpha value is -2.86. The van der Waals surface area contributed by atoms with Crippen molar-refractivity contribution in [2.45, 2.75) is 12.8 Å². The molecule has 6 heteroatoms. The number of piperidine rings is 1. The molecule has 6 nitrogen and oxygen atoms in total. The van der Waals surface area contributed by atoms with Crippen LogP contribution in [0, 0.1) is 5.92 Å². The molecule has 26 heavy (non-hydrogen) atoms. The second kappa shape index (κ2) is 7.58. The third kappa shape index (κ3) is 3.55. The summed E-state index contributed by atoms with van der Waals surface area (Å²) in [6.07, 6.45) is 9.33. The minimum absolute atomic E-state index is 0.618. The highest BCUT2D eigenvalue weighted by atomic mass is 15.2. The summed E-state index contributed by atoms with van der Waals surface area (Å²) in [7, 11) is 0. The molecule has 1 aliphatic rings. The molecule has 1 fully saturated rings. The lowest BCUT2D eigenvalue weighted by Crippen LogP contribution is -2.36. The van der Waals surface area contributed by atoms with Crippen molar-refractivity contribution >= 4 is 5.82 Å². The van der Waals surface area contributed by atoms with Crippen LogP contribution >= 0.6 is 0 Å². The first kappa shape index (κ1) is 16.6. The average molecular weight is 346 g/mol. The molecular weight excluding hydrogens is 324 g/mol. The summed E-state index contributed by atoms with van der Waals surface area (Å²) in [6.45, 7) is 2.72. The summed E-state index contributed by atoms with van der Waals surface area (Å²) in [5.41, 5.74) is 8.74. The Kier molecular flexibility index (Phi) is 4.84. The number of nitrogens with two attached hydrogens (primary N) is 1. The summed E-state index contributed by atoms with van der Waals surface area (Å²) >= 11 is 0. The highest BCUT2D eigenvalue weighted by molar-refractivity contribution is 5.67. The predicted octanol–water partition coefficient (Wildman–Crippen LogP) is 2.78. The van der Waals surface area contributed by atoms with Crippen molar-refractivity contribution in [1.82, 2.24) is 19.9 Å². The molecule has 4 heterocycles. The van der Waals surface area contributed by atoms with Crippen molar-refractivity contribution in [2.75, 3.05) is 24.5 Å². The van der Waals surface area contributed by atoms with E-state index in [1.54, 1.807) is 24.8 Å². The van der Waals surface area contributed by atoms with Crippen LogP contribution in [0.3, 0.4) is 0 Å². The zero-order valence-electron chi connectivity index (χ0n) is 14.6. The summed E-state index contributed by atoms with van der Waals surface area (Å²) in [5, 5.41) is 0. The van der Waals surface area contributed by atoms with Gasteiger partial charge in [-0.15, -0.1) is 0 Å². The lowest BCUT2D eigenvalue weighted by atomic mass is 9.97. The third-order valence-corrected chi connectivity index (χ3v) is 4.90. The van der Waals surface area contributed by atoms with Crippen LogP contribution in [0.4, 0.5) is 5.82 Å². The summed E-state index contributed by atoms with van der Waals surface area (Å²) in [5.74, 6) is 2.30. The predicted molar refractivity (Wildman–Crippen MR) is 102 cm³/mol. The maximum absolute atomic E-state index is 5.83. The van der Waals surface area contributed by atoms with E-state index in [0.717, 1.165) is 60.9 Å². The maximum Gasteiger partial charge on any atom is 0.162 e. The van der Waals surface area contributed by atoms with Gasteiger partial charge in [-0.3, -0.25) is 9.97 Å². The van der Waals surface area contributed by atoms with E-state index in [4.69, 9.17) is 15.7 Å². The second-order valence-corrected chi connectivity index (χ2v) is 6.57. The van der Waals surface area contributed by atoms with E-state index >= 15 is 0 Å². The van der Waals surface area contributed by atoms with Gasteiger partial charge in [0.15, 0.2) is 5.82 Å². The van der Waals surface area contributed by atoms with E-state index in [9.17, 15) is 0 Å². The first-order valence-corrected chi connectivity index (χ1v) is 8.98. The van der Waals surface area contributed by atoms with Crippen LogP contribution in [0.15, 0.2) is 55.1 Å². The van der Waals surface area contributed by atoms with Crippen LogP contribution in [0.1, 0.15) is 12.8 Å². The fourth-order valence-electron chi connectivity index (χ4n) is 3.29. The lowest BCUT2D eigenvalue weighted by molar-refractivity contribution is 0.413. The van der Waals surface area contributed by atoms with Crippen molar-refractivity contribution in [1.29, 1.82) is 0 Å². The fraction of sp³-hybridized carbons (Fsp3) is 0.300. The molecule has 4 rings (SSSR count). The van der Waals surface area contributed by atoms with Gasteiger partial charge in [-0.05, 0) is 49.6 Å². The quantitative estimate of drug-likeness (QED) is 0.782. The van der Waals surface area contributed by atoms with Gasteiger partial charge in [0, 0.05) is 55.1 Å². The molecule has 0 atom stereocenters. The molecule has 0 amide bonds. The van der Waals surface area contributed by atoms with Gasteiger partial charge in [0.1, 0.15) is 5.82 Å². The molecule has 0 unspecified atom stereocenters. The van der Waals surface area contributed by atoms with Gasteiger partial charge in [-0.25, -0.2) is 9.97 Å². The highest BCUT2D eigenvalue weighted by Gasteiger charge is 2.20. The zero-order chi connectivity index (χ0) is 17.8. The maximum atomic E-state index is 5.83. The van der Waals surface area contributed by atoms with Gasteiger partial charge >= 0.3 is 0 Å². The Labute approximate surface area is 153 Å². The van der Waals surface area contributed by atoms with Crippen molar-refractivity contribution in [3.63, 3.8) is 0 Å². The smallest absolute Gasteiger partial charge is 0.162 e. The first-order valence-electron chi connectivity index (χ1n) is 8.98. The van der Waals surface area contributed by atoms with Gasteiger partial charge in [-0.1, -0.05) is 0 Å². The average Bonchev–Trinajstić information content (AvgIpc) is 2.75. The molecule has 2 N–H and O–H groups in total. The normalized spacial score (nSPS) is 15.2. The number of pyridine rings is 2. The number of aromatic nitrogens is 4. The van der Waals surface area contributed by atoms with Gasteiger partial charge in [-0.2, -0.15) is 0 Å². The molecule has 0 radical (unpaired) electrons. The van der Waals surface area contributed by atoms with E-state index in [-0.39, 0.29) is 0 Å². The van der Waals surface area contributed by atoms with Crippen molar-refractivity contribution < 1.29 is 0 Å². The van der Waals surface area contributed by atoms with E-state index in [1.165, 1.54) is 0 Å². The van der Waals surface area contributed by atoms with Gasteiger partial charge < -0.3 is 10.6 Å². The molecule has 0 bridgehead atoms. The molecular formula is C20H22N6. The molecule has 0 aromatic carbocycles. The Bertz CT molecular complexity index is 787. The van der Waals surface area contributed by atoms with Crippen LogP contribution in [0.2, 0.25) is 0 Å². The number of nitrogens with zero attached hydrogens (tertiary/aromatic N) is 5. The fourth-order valence-corrected chi connectivity index (χ4v) is 3.29. The van der Waals surface area contributed by atoms with Crippen LogP contribution in [0.5, 0.6) is 0 Å². The van der Waals surface area contributed by atoms with E-state index < -0.39 is 0 Å². The van der Waals surface area contributed by atoms with E-state index in [1.807, 2.05) is 24.3 Å². The highest BCUT2D eigenvalue weighted by Crippen LogP contribution is 2.28. The Morgan fingerprint density at radius 2 is 1.50 bits per heavy atom. The van der Waals surface area contributed by atoms with E-state index in [0.29, 0.717) is 5.92 Å². The standard InChI is InChI=1S/C20H22N6/c21-14-15-5-11-26(12-6-15)19-13-18(16-1-7-22-8-2-16)24-20(25-19)17-3-9-23-10-4-17/h1-4,7-10,13,15H,5-6,11-12,14,21H2. The largest absolute Gasteiger partial charge is 0.356 e. The van der Waals surface area contributed by atoms with Crippen molar-refractivity contribution in [3.05, 3.63) is 55.1 Å². The summed E-state index contributed by atoms with van der Waals surface area (Å²) in [6, 6.07) is 9.90. The van der Waals surface area contributed by atoms with E-state index in [2.05, 4.69) is 20.9 Å². The lowest BCUT2D eigenvalue weighted by Gasteiger charge is -2.32. The molecule has 132 valence electrons. The van der Waals surface area contributed by atoms with Gasteiger partial charge in [0.05, 0.1) is 5.69 Å². The van der Waals surface area contributed by atoms with Crippen LogP contribution < -0.4 is 10.6 Å². The van der Waals surface area contributed by atoms with Gasteiger partial charge in [0.25, 0.3) is 0 Å². The number of anilines is 1. The number of rotatable bonds is 4. The second-order valence-electron chi connectivity index (χ2n) is 6.57. The Balaban J connectivity index is 1.74. The molecule has 3 aromatic rings. The van der Waals surface area contributed by atoms with Crippen molar-refractivity contribution in [2.24, 2.45) is 11.7 Å². The van der Waals surface area contributed by atoms with Crippen LogP contribution in [0.25, 0.3) is 22.6 Å². The summed E-state index contributed by atoms with van der Waals surface area (Å²) in [4.78, 5) is 20.2.